The van der Waals surface area contributed by atoms with Crippen molar-refractivity contribution in [2.75, 3.05) is 7.05 Å². The molecule has 0 bridgehead atoms. The van der Waals surface area contributed by atoms with Crippen molar-refractivity contribution in [2.24, 2.45) is 12.0 Å². The predicted molar refractivity (Wildman–Crippen MR) is 122 cm³/mol. The number of benzene rings is 1. The number of aryl methyl sites for hydroxylation is 4. The zero-order valence-corrected chi connectivity index (χ0v) is 18.7. The molecule has 160 valence electrons. The Morgan fingerprint density at radius 1 is 1.20 bits per heavy atom. The maximum absolute atomic E-state index is 4.51. The zero-order valence-electron chi connectivity index (χ0n) is 18.7. The van der Waals surface area contributed by atoms with Crippen LogP contribution in [0.1, 0.15) is 35.3 Å². The molecule has 7 nitrogen and oxygen atoms in total. The fraction of sp³-hybridized carbons (Fsp3) is 0.435. The molecule has 0 amide bonds. The first-order chi connectivity index (χ1) is 14.5. The average Bonchev–Trinajstić information content (AvgIpc) is 3.29. The minimum absolute atomic E-state index is 0.232. The van der Waals surface area contributed by atoms with Crippen molar-refractivity contribution in [3.63, 3.8) is 0 Å². The van der Waals surface area contributed by atoms with Crippen LogP contribution in [0, 0.1) is 13.8 Å². The summed E-state index contributed by atoms with van der Waals surface area (Å²) in [6.45, 7) is 7.88. The van der Waals surface area contributed by atoms with Crippen molar-refractivity contribution >= 4 is 5.96 Å². The number of hydrogen-bond acceptors (Lipinski definition) is 3. The number of nitrogens with zero attached hydrogens (tertiary/aromatic N) is 5. The van der Waals surface area contributed by atoms with Crippen LogP contribution < -0.4 is 10.6 Å². The molecule has 0 saturated heterocycles. The molecule has 30 heavy (non-hydrogen) atoms. The second kappa shape index (κ2) is 10.1. The fourth-order valence-corrected chi connectivity index (χ4v) is 3.67. The van der Waals surface area contributed by atoms with Crippen LogP contribution in [0.4, 0.5) is 0 Å². The van der Waals surface area contributed by atoms with Gasteiger partial charge in [0.2, 0.25) is 0 Å². The van der Waals surface area contributed by atoms with Crippen molar-refractivity contribution in [3.8, 4) is 0 Å². The summed E-state index contributed by atoms with van der Waals surface area (Å²) in [7, 11) is 3.79. The Kier molecular flexibility index (Phi) is 7.27. The van der Waals surface area contributed by atoms with E-state index in [1.54, 1.807) is 7.05 Å². The molecule has 0 saturated carbocycles. The largest absolute Gasteiger partial charge is 0.354 e. The monoisotopic (exact) mass is 407 g/mol. The molecule has 7 heteroatoms. The van der Waals surface area contributed by atoms with Crippen LogP contribution in [0.5, 0.6) is 0 Å². The minimum atomic E-state index is 0.232. The van der Waals surface area contributed by atoms with Crippen LogP contribution in [-0.2, 0) is 33.0 Å². The summed E-state index contributed by atoms with van der Waals surface area (Å²) in [5.41, 5.74) is 4.93. The van der Waals surface area contributed by atoms with E-state index in [0.29, 0.717) is 6.54 Å². The lowest BCUT2D eigenvalue weighted by Gasteiger charge is -2.18. The van der Waals surface area contributed by atoms with E-state index in [9.17, 15) is 0 Å². The predicted octanol–water partition coefficient (Wildman–Crippen LogP) is 2.77. The van der Waals surface area contributed by atoms with Crippen LogP contribution in [0.25, 0.3) is 0 Å². The van der Waals surface area contributed by atoms with Crippen LogP contribution in [0.15, 0.2) is 47.7 Å². The average molecular weight is 408 g/mol. The maximum atomic E-state index is 4.51. The van der Waals surface area contributed by atoms with Gasteiger partial charge in [-0.15, -0.1) is 0 Å². The molecule has 0 aliphatic rings. The summed E-state index contributed by atoms with van der Waals surface area (Å²) in [6.07, 6.45) is 5.78. The van der Waals surface area contributed by atoms with E-state index < -0.39 is 0 Å². The Bertz CT molecular complexity index is 969. The molecule has 1 atom stereocenters. The van der Waals surface area contributed by atoms with Crippen molar-refractivity contribution in [2.45, 2.75) is 52.7 Å². The SMILES string of the molecule is CN=C(NCc1nccn1CCc1ccccc1)NC(C)Cc1c(C)nn(C)c1C. The van der Waals surface area contributed by atoms with Gasteiger partial charge in [0.15, 0.2) is 5.96 Å². The van der Waals surface area contributed by atoms with Gasteiger partial charge in [-0.05, 0) is 44.7 Å². The van der Waals surface area contributed by atoms with E-state index in [2.05, 4.69) is 75.3 Å². The number of imidazole rings is 1. The van der Waals surface area contributed by atoms with Gasteiger partial charge in [0.25, 0.3) is 0 Å². The lowest BCUT2D eigenvalue weighted by atomic mass is 10.1. The molecule has 2 N–H and O–H groups in total. The Hall–Kier alpha value is -3.09. The van der Waals surface area contributed by atoms with Crippen LogP contribution >= 0.6 is 0 Å². The molecule has 0 radical (unpaired) electrons. The van der Waals surface area contributed by atoms with Crippen molar-refractivity contribution in [3.05, 3.63) is 71.1 Å². The van der Waals surface area contributed by atoms with Crippen LogP contribution in [-0.4, -0.2) is 38.4 Å². The molecule has 2 heterocycles. The summed E-state index contributed by atoms with van der Waals surface area (Å²) < 4.78 is 4.14. The second-order valence-electron chi connectivity index (χ2n) is 7.72. The highest BCUT2D eigenvalue weighted by Gasteiger charge is 2.14. The Morgan fingerprint density at radius 2 is 1.97 bits per heavy atom. The summed E-state index contributed by atoms with van der Waals surface area (Å²) in [5, 5.41) is 11.4. The van der Waals surface area contributed by atoms with Crippen LogP contribution in [0.3, 0.4) is 0 Å². The smallest absolute Gasteiger partial charge is 0.191 e. The first-order valence-electron chi connectivity index (χ1n) is 10.5. The first kappa shape index (κ1) is 21.6. The van der Waals surface area contributed by atoms with E-state index >= 15 is 0 Å². The van der Waals surface area contributed by atoms with Gasteiger partial charge in [0.1, 0.15) is 5.82 Å². The van der Waals surface area contributed by atoms with Gasteiger partial charge < -0.3 is 15.2 Å². The van der Waals surface area contributed by atoms with Gasteiger partial charge in [-0.25, -0.2) is 4.98 Å². The second-order valence-corrected chi connectivity index (χ2v) is 7.72. The molecule has 2 aromatic heterocycles. The molecule has 1 unspecified atom stereocenters. The summed E-state index contributed by atoms with van der Waals surface area (Å²) in [5.74, 6) is 1.78. The highest BCUT2D eigenvalue weighted by atomic mass is 15.3. The Labute approximate surface area is 179 Å². The normalized spacial score (nSPS) is 12.8. The highest BCUT2D eigenvalue weighted by molar-refractivity contribution is 5.79. The number of rotatable bonds is 8. The van der Waals surface area contributed by atoms with E-state index in [0.717, 1.165) is 36.9 Å². The lowest BCUT2D eigenvalue weighted by Crippen LogP contribution is -2.43. The molecule has 3 aromatic rings. The third-order valence-electron chi connectivity index (χ3n) is 5.48. The molecule has 1 aromatic carbocycles. The van der Waals surface area contributed by atoms with Gasteiger partial charge in [-0.2, -0.15) is 5.10 Å². The van der Waals surface area contributed by atoms with Crippen molar-refractivity contribution in [1.82, 2.24) is 30.0 Å². The standard InChI is InChI=1S/C23H33N7/c1-17(15-21-18(2)28-29(5)19(21)3)27-23(24-4)26-16-22-25-12-14-30(22)13-11-20-9-7-6-8-10-20/h6-10,12,14,17H,11,13,15-16H2,1-5H3,(H2,24,26,27). The molecular formula is C23H33N7. The third kappa shape index (κ3) is 5.49. The van der Waals surface area contributed by atoms with Gasteiger partial charge in [0.05, 0.1) is 12.2 Å². The summed E-state index contributed by atoms with van der Waals surface area (Å²) in [4.78, 5) is 8.89. The quantitative estimate of drug-likeness (QED) is 0.445. The summed E-state index contributed by atoms with van der Waals surface area (Å²) in [6, 6.07) is 10.8. The third-order valence-corrected chi connectivity index (χ3v) is 5.48. The Morgan fingerprint density at radius 3 is 2.63 bits per heavy atom. The number of nitrogens with one attached hydrogen (secondary N) is 2. The molecule has 0 aliphatic heterocycles. The van der Waals surface area contributed by atoms with E-state index in [1.807, 2.05) is 30.2 Å². The van der Waals surface area contributed by atoms with Crippen LogP contribution in [0.2, 0.25) is 0 Å². The van der Waals surface area contributed by atoms with E-state index in [-0.39, 0.29) is 6.04 Å². The number of aliphatic imine (C=N–C) groups is 1. The van der Waals surface area contributed by atoms with Gasteiger partial charge in [-0.1, -0.05) is 30.3 Å². The number of aromatic nitrogens is 4. The maximum Gasteiger partial charge on any atom is 0.191 e. The van der Waals surface area contributed by atoms with Crippen molar-refractivity contribution < 1.29 is 0 Å². The first-order valence-corrected chi connectivity index (χ1v) is 10.5. The fourth-order valence-electron chi connectivity index (χ4n) is 3.67. The van der Waals surface area contributed by atoms with E-state index in [1.165, 1.54) is 16.8 Å². The topological polar surface area (TPSA) is 72.1 Å². The summed E-state index contributed by atoms with van der Waals surface area (Å²) >= 11 is 0. The van der Waals surface area contributed by atoms with E-state index in [4.69, 9.17) is 0 Å². The number of hydrogen-bond donors (Lipinski definition) is 2. The molecule has 0 fully saturated rings. The zero-order chi connectivity index (χ0) is 21.5. The van der Waals surface area contributed by atoms with Gasteiger partial charge >= 0.3 is 0 Å². The Balaban J connectivity index is 1.52. The molecule has 3 rings (SSSR count). The van der Waals surface area contributed by atoms with Gasteiger partial charge in [0, 0.05) is 44.8 Å². The lowest BCUT2D eigenvalue weighted by molar-refractivity contribution is 0.613. The number of guanidine groups is 1. The molecule has 0 aliphatic carbocycles. The molecular weight excluding hydrogens is 374 g/mol. The minimum Gasteiger partial charge on any atom is -0.354 e. The van der Waals surface area contributed by atoms with Crippen molar-refractivity contribution in [1.29, 1.82) is 0 Å². The highest BCUT2D eigenvalue weighted by Crippen LogP contribution is 2.14. The molecule has 0 spiro atoms. The van der Waals surface area contributed by atoms with Gasteiger partial charge in [-0.3, -0.25) is 9.67 Å².